The summed E-state index contributed by atoms with van der Waals surface area (Å²) in [6.45, 7) is 3.87. The van der Waals surface area contributed by atoms with E-state index < -0.39 is 5.97 Å². The van der Waals surface area contributed by atoms with Crippen LogP contribution in [-0.2, 0) is 4.74 Å². The third-order valence-corrected chi connectivity index (χ3v) is 4.46. The van der Waals surface area contributed by atoms with Crippen LogP contribution in [0.4, 0.5) is 0 Å². The zero-order valence-corrected chi connectivity index (χ0v) is 15.2. The van der Waals surface area contributed by atoms with E-state index >= 15 is 0 Å². The molecule has 0 aliphatic carbocycles. The molecule has 0 radical (unpaired) electrons. The lowest BCUT2D eigenvalue weighted by molar-refractivity contribution is -0.463. The number of hydrogen-bond acceptors (Lipinski definition) is 4. The normalized spacial score (nSPS) is 19.3. The average molecular weight is 362 g/mol. The number of halogens is 2. The summed E-state index contributed by atoms with van der Waals surface area (Å²) in [5, 5.41) is 0.636. The van der Waals surface area contributed by atoms with Crippen molar-refractivity contribution >= 4 is 22.7 Å². The monoisotopic (exact) mass is 361 g/mol. The highest BCUT2D eigenvalue weighted by atomic mass is 35.5. The molecule has 0 N–H and O–H groups in total. The van der Waals surface area contributed by atoms with E-state index in [1.165, 1.54) is 6.20 Å². The van der Waals surface area contributed by atoms with Crippen LogP contribution in [0.15, 0.2) is 11.0 Å². The van der Waals surface area contributed by atoms with Gasteiger partial charge >= 0.3 is 5.97 Å². The lowest BCUT2D eigenvalue weighted by Crippen LogP contribution is -3.00. The van der Waals surface area contributed by atoms with E-state index in [0.717, 1.165) is 12.8 Å². The van der Waals surface area contributed by atoms with E-state index in [1.54, 1.807) is 11.5 Å². The number of carbonyl (C=O) groups excluding carboxylic acids is 1. The number of hydrogen-bond donors (Lipinski definition) is 0. The quantitative estimate of drug-likeness (QED) is 0.384. The van der Waals surface area contributed by atoms with Crippen LogP contribution in [0, 0.1) is 0 Å². The van der Waals surface area contributed by atoms with Gasteiger partial charge in [-0.05, 0) is 38.3 Å². The molecule has 0 saturated carbocycles. The Labute approximate surface area is 146 Å². The molecule has 2 heterocycles. The highest BCUT2D eigenvalue weighted by Crippen LogP contribution is 2.32. The van der Waals surface area contributed by atoms with E-state index in [1.807, 2.05) is 25.6 Å². The Morgan fingerprint density at radius 2 is 2.13 bits per heavy atom. The molecule has 1 aliphatic rings. The van der Waals surface area contributed by atoms with Gasteiger partial charge in [0.05, 0.1) is 6.61 Å². The Kier molecular flexibility index (Phi) is 6.77. The number of esters is 1. The van der Waals surface area contributed by atoms with Crippen molar-refractivity contribution in [3.8, 4) is 0 Å². The molecule has 0 saturated heterocycles. The van der Waals surface area contributed by atoms with Crippen molar-refractivity contribution in [1.29, 1.82) is 0 Å². The van der Waals surface area contributed by atoms with Gasteiger partial charge in [-0.2, -0.15) is 0 Å². The molecule has 1 unspecified atom stereocenters. The Balaban J connectivity index is 0.00000264. The van der Waals surface area contributed by atoms with E-state index in [2.05, 4.69) is 4.98 Å². The SMILES string of the molecule is CCOC(=O)c1cnc2n(c1=O)[C@@H](C)CCC2C(Cl)=[N+](C)C.[Cl-]. The van der Waals surface area contributed by atoms with Crippen LogP contribution in [0.1, 0.15) is 54.8 Å². The Morgan fingerprint density at radius 1 is 1.48 bits per heavy atom. The number of fused-ring (bicyclic) bond motifs is 1. The molecule has 6 nitrogen and oxygen atoms in total. The van der Waals surface area contributed by atoms with Crippen LogP contribution in [0.5, 0.6) is 0 Å². The smallest absolute Gasteiger partial charge is 0.345 e. The number of carbonyl (C=O) groups is 1. The van der Waals surface area contributed by atoms with Gasteiger partial charge < -0.3 is 17.1 Å². The van der Waals surface area contributed by atoms with E-state index in [9.17, 15) is 9.59 Å². The van der Waals surface area contributed by atoms with Gasteiger partial charge in [-0.1, -0.05) is 0 Å². The van der Waals surface area contributed by atoms with E-state index in [4.69, 9.17) is 16.3 Å². The van der Waals surface area contributed by atoms with Gasteiger partial charge in [0, 0.05) is 12.2 Å². The highest BCUT2D eigenvalue weighted by molar-refractivity contribution is 6.65. The second-order valence-electron chi connectivity index (χ2n) is 5.62. The predicted molar refractivity (Wildman–Crippen MR) is 84.1 cm³/mol. The molecule has 0 bridgehead atoms. The summed E-state index contributed by atoms with van der Waals surface area (Å²) >= 11 is 6.37. The maximum Gasteiger partial charge on any atom is 0.345 e. The molecule has 1 aromatic heterocycles. The first-order chi connectivity index (χ1) is 10.4. The molecule has 8 heteroatoms. The minimum Gasteiger partial charge on any atom is -1.00 e. The number of ether oxygens (including phenoxy) is 1. The number of aromatic nitrogens is 2. The van der Waals surface area contributed by atoms with Crippen LogP contribution < -0.4 is 18.0 Å². The molecule has 1 aliphatic heterocycles. The first kappa shape index (κ1) is 19.6. The molecule has 2 rings (SSSR count). The fourth-order valence-electron chi connectivity index (χ4n) is 2.72. The van der Waals surface area contributed by atoms with Crippen molar-refractivity contribution in [3.05, 3.63) is 27.9 Å². The minimum atomic E-state index is -0.632. The third kappa shape index (κ3) is 3.75. The van der Waals surface area contributed by atoms with Crippen molar-refractivity contribution in [3.63, 3.8) is 0 Å². The first-order valence-electron chi connectivity index (χ1n) is 7.36. The van der Waals surface area contributed by atoms with Crippen LogP contribution in [0.2, 0.25) is 0 Å². The lowest BCUT2D eigenvalue weighted by Gasteiger charge is -2.28. The van der Waals surface area contributed by atoms with Gasteiger partial charge in [0.15, 0.2) is 0 Å². The molecule has 128 valence electrons. The van der Waals surface area contributed by atoms with Crippen LogP contribution in [0.25, 0.3) is 0 Å². The van der Waals surface area contributed by atoms with Crippen molar-refractivity contribution in [2.75, 3.05) is 20.7 Å². The first-order valence-corrected chi connectivity index (χ1v) is 7.74. The summed E-state index contributed by atoms with van der Waals surface area (Å²) < 4.78 is 8.31. The summed E-state index contributed by atoms with van der Waals surface area (Å²) in [5.74, 6) is -0.153. The van der Waals surface area contributed by atoms with E-state index in [-0.39, 0.29) is 42.1 Å². The molecule has 0 spiro atoms. The molecule has 0 amide bonds. The zero-order chi connectivity index (χ0) is 16.4. The maximum absolute atomic E-state index is 12.6. The summed E-state index contributed by atoms with van der Waals surface area (Å²) in [7, 11) is 3.71. The van der Waals surface area contributed by atoms with Gasteiger partial charge in [0.1, 0.15) is 31.4 Å². The summed E-state index contributed by atoms with van der Waals surface area (Å²) in [4.78, 5) is 28.8. The molecule has 0 fully saturated rings. The average Bonchev–Trinajstić information content (AvgIpc) is 2.47. The fourth-order valence-corrected chi connectivity index (χ4v) is 2.92. The largest absolute Gasteiger partial charge is 1.00 e. The molecule has 2 atom stereocenters. The second-order valence-corrected chi connectivity index (χ2v) is 6.01. The Morgan fingerprint density at radius 3 is 2.70 bits per heavy atom. The van der Waals surface area contributed by atoms with Crippen molar-refractivity contribution in [1.82, 2.24) is 9.55 Å². The Hall–Kier alpha value is -1.40. The van der Waals surface area contributed by atoms with Crippen molar-refractivity contribution < 1.29 is 26.5 Å². The predicted octanol–water partition coefficient (Wildman–Crippen LogP) is -1.23. The van der Waals surface area contributed by atoms with Crippen molar-refractivity contribution in [2.24, 2.45) is 0 Å². The number of nitrogens with zero attached hydrogens (tertiary/aromatic N) is 3. The van der Waals surface area contributed by atoms with Crippen LogP contribution >= 0.6 is 11.6 Å². The van der Waals surface area contributed by atoms with Gasteiger partial charge in [0.25, 0.3) is 10.7 Å². The second kappa shape index (κ2) is 7.93. The molecule has 23 heavy (non-hydrogen) atoms. The molecule has 0 aromatic carbocycles. The summed E-state index contributed by atoms with van der Waals surface area (Å²) in [6, 6.07) is -0.0211. The van der Waals surface area contributed by atoms with E-state index in [0.29, 0.717) is 11.0 Å². The third-order valence-electron chi connectivity index (χ3n) is 3.86. The number of rotatable bonds is 3. The Bertz CT molecular complexity index is 681. The van der Waals surface area contributed by atoms with Crippen LogP contribution in [-0.4, -0.2) is 46.0 Å². The minimum absolute atomic E-state index is 0. The fraction of sp³-hybridized carbons (Fsp3) is 0.600. The zero-order valence-electron chi connectivity index (χ0n) is 13.7. The molecular weight excluding hydrogens is 341 g/mol. The van der Waals surface area contributed by atoms with Gasteiger partial charge in [-0.15, -0.1) is 0 Å². The topological polar surface area (TPSA) is 64.2 Å². The molecule has 1 aromatic rings. The summed E-state index contributed by atoms with van der Waals surface area (Å²) in [5.41, 5.74) is -0.386. The molecular formula is C15H21Cl2N3O3. The highest BCUT2D eigenvalue weighted by Gasteiger charge is 2.34. The van der Waals surface area contributed by atoms with Gasteiger partial charge in [-0.3, -0.25) is 9.36 Å². The standard InChI is InChI=1S/C15H21ClN3O3.ClH/c1-5-22-15(21)11-8-17-13-10(12(16)18(3)4)7-6-9(2)19(13)14(11)20;/h8-10H,5-7H2,1-4H3;1H/q+1;/p-1/t9-,10?;/m0./s1. The maximum atomic E-state index is 12.6. The van der Waals surface area contributed by atoms with Gasteiger partial charge in [-0.25, -0.2) is 14.4 Å². The van der Waals surface area contributed by atoms with Crippen molar-refractivity contribution in [2.45, 2.75) is 38.6 Å². The van der Waals surface area contributed by atoms with Gasteiger partial charge in [0.2, 0.25) is 0 Å². The van der Waals surface area contributed by atoms with Crippen LogP contribution in [0.3, 0.4) is 0 Å². The summed E-state index contributed by atoms with van der Waals surface area (Å²) in [6.07, 6.45) is 2.93. The lowest BCUT2D eigenvalue weighted by atomic mass is 9.94.